The fourth-order valence-electron chi connectivity index (χ4n) is 2.31. The number of benzene rings is 1. The first kappa shape index (κ1) is 9.73. The molecule has 3 rings (SSSR count). The zero-order valence-electron chi connectivity index (χ0n) is 9.15. The normalized spacial score (nSPS) is 17.2. The van der Waals surface area contributed by atoms with Crippen LogP contribution >= 0.6 is 0 Å². The van der Waals surface area contributed by atoms with Gasteiger partial charge < -0.3 is 9.52 Å². The number of hydrogen-bond acceptors (Lipinski definition) is 3. The highest BCUT2D eigenvalue weighted by atomic mass is 16.3. The monoisotopic (exact) mass is 217 g/mol. The summed E-state index contributed by atoms with van der Waals surface area (Å²) in [5.41, 5.74) is 0.772. The van der Waals surface area contributed by atoms with Crippen molar-refractivity contribution in [3.8, 4) is 5.75 Å². The summed E-state index contributed by atoms with van der Waals surface area (Å²) in [4.78, 5) is 2.40. The largest absolute Gasteiger partial charge is 0.508 e. The van der Waals surface area contributed by atoms with Crippen LogP contribution in [0.15, 0.2) is 28.7 Å². The van der Waals surface area contributed by atoms with Crippen LogP contribution in [0.25, 0.3) is 11.0 Å². The van der Waals surface area contributed by atoms with Crippen molar-refractivity contribution in [1.29, 1.82) is 0 Å². The molecule has 16 heavy (non-hydrogen) atoms. The first-order valence-electron chi connectivity index (χ1n) is 5.75. The lowest BCUT2D eigenvalue weighted by Gasteiger charge is -2.11. The van der Waals surface area contributed by atoms with Crippen molar-refractivity contribution in [2.24, 2.45) is 0 Å². The zero-order valence-corrected chi connectivity index (χ0v) is 9.15. The number of nitrogens with zero attached hydrogens (tertiary/aromatic N) is 1. The molecule has 0 bridgehead atoms. The second-order valence-corrected chi connectivity index (χ2v) is 4.42. The van der Waals surface area contributed by atoms with Crippen molar-refractivity contribution >= 4 is 11.0 Å². The third-order valence-electron chi connectivity index (χ3n) is 3.13. The molecule has 84 valence electrons. The second-order valence-electron chi connectivity index (χ2n) is 4.42. The van der Waals surface area contributed by atoms with Gasteiger partial charge in [0.15, 0.2) is 0 Å². The van der Waals surface area contributed by atoms with Gasteiger partial charge in [-0.25, -0.2) is 0 Å². The van der Waals surface area contributed by atoms with E-state index >= 15 is 0 Å². The number of aromatic hydroxyl groups is 1. The van der Waals surface area contributed by atoms with Gasteiger partial charge in [-0.05, 0) is 44.1 Å². The number of phenols is 1. The first-order chi connectivity index (χ1) is 7.81. The summed E-state index contributed by atoms with van der Waals surface area (Å²) >= 11 is 0. The van der Waals surface area contributed by atoms with Gasteiger partial charge in [-0.1, -0.05) is 0 Å². The summed E-state index contributed by atoms with van der Waals surface area (Å²) in [6, 6.07) is 7.31. The number of fused-ring (bicyclic) bond motifs is 1. The Kier molecular flexibility index (Phi) is 2.33. The van der Waals surface area contributed by atoms with E-state index in [9.17, 15) is 5.11 Å². The van der Waals surface area contributed by atoms with Gasteiger partial charge in [0, 0.05) is 11.5 Å². The van der Waals surface area contributed by atoms with Crippen LogP contribution in [0.5, 0.6) is 5.75 Å². The van der Waals surface area contributed by atoms with Crippen LogP contribution in [0.4, 0.5) is 0 Å². The second kappa shape index (κ2) is 3.83. The van der Waals surface area contributed by atoms with Crippen LogP contribution in [0.3, 0.4) is 0 Å². The molecule has 2 heterocycles. The van der Waals surface area contributed by atoms with E-state index in [4.69, 9.17) is 4.42 Å². The molecule has 1 aliphatic heterocycles. The highest BCUT2D eigenvalue weighted by molar-refractivity contribution is 5.79. The molecule has 1 aromatic heterocycles. The number of furan rings is 1. The lowest BCUT2D eigenvalue weighted by molar-refractivity contribution is 0.302. The van der Waals surface area contributed by atoms with Crippen molar-refractivity contribution in [2.75, 3.05) is 13.1 Å². The summed E-state index contributed by atoms with van der Waals surface area (Å²) in [5.74, 6) is 1.25. The van der Waals surface area contributed by atoms with Crippen LogP contribution in [-0.4, -0.2) is 23.1 Å². The van der Waals surface area contributed by atoms with Crippen LogP contribution in [-0.2, 0) is 6.54 Å². The summed E-state index contributed by atoms with van der Waals surface area (Å²) in [6.45, 7) is 3.22. The molecule has 0 radical (unpaired) electrons. The van der Waals surface area contributed by atoms with Crippen molar-refractivity contribution in [3.05, 3.63) is 30.0 Å². The average Bonchev–Trinajstić information content (AvgIpc) is 2.86. The van der Waals surface area contributed by atoms with Gasteiger partial charge in [0.05, 0.1) is 6.54 Å². The van der Waals surface area contributed by atoms with E-state index in [0.29, 0.717) is 0 Å². The predicted octanol–water partition coefficient (Wildman–Crippen LogP) is 2.73. The first-order valence-corrected chi connectivity index (χ1v) is 5.75. The molecule has 0 aliphatic carbocycles. The van der Waals surface area contributed by atoms with Gasteiger partial charge in [-0.2, -0.15) is 0 Å². The molecule has 0 saturated carbocycles. The van der Waals surface area contributed by atoms with Crippen LogP contribution in [0.1, 0.15) is 18.6 Å². The van der Waals surface area contributed by atoms with E-state index in [2.05, 4.69) is 11.0 Å². The molecule has 0 atom stereocenters. The van der Waals surface area contributed by atoms with Gasteiger partial charge in [-0.15, -0.1) is 0 Å². The molecular formula is C13H15NO2. The number of hydrogen-bond donors (Lipinski definition) is 1. The Morgan fingerprint density at radius 1 is 1.19 bits per heavy atom. The Morgan fingerprint density at radius 2 is 2.00 bits per heavy atom. The minimum atomic E-state index is 0.259. The van der Waals surface area contributed by atoms with E-state index in [0.717, 1.165) is 23.3 Å². The summed E-state index contributed by atoms with van der Waals surface area (Å²) in [6.07, 6.45) is 2.59. The maximum atomic E-state index is 9.35. The van der Waals surface area contributed by atoms with E-state index in [-0.39, 0.29) is 5.75 Å². The molecule has 0 unspecified atom stereocenters. The van der Waals surface area contributed by atoms with E-state index < -0.39 is 0 Å². The zero-order chi connectivity index (χ0) is 11.0. The van der Waals surface area contributed by atoms with Gasteiger partial charge in [0.25, 0.3) is 0 Å². The molecule has 1 aromatic carbocycles. The van der Waals surface area contributed by atoms with Crippen LogP contribution < -0.4 is 0 Å². The molecule has 2 aromatic rings. The van der Waals surface area contributed by atoms with Crippen molar-refractivity contribution < 1.29 is 9.52 Å². The highest BCUT2D eigenvalue weighted by Crippen LogP contribution is 2.24. The van der Waals surface area contributed by atoms with Crippen molar-refractivity contribution in [1.82, 2.24) is 4.90 Å². The predicted molar refractivity (Wildman–Crippen MR) is 62.4 cm³/mol. The Labute approximate surface area is 94.3 Å². The summed E-state index contributed by atoms with van der Waals surface area (Å²) in [5, 5.41) is 10.4. The molecule has 1 aliphatic rings. The molecule has 1 N–H and O–H groups in total. The topological polar surface area (TPSA) is 36.6 Å². The highest BCUT2D eigenvalue weighted by Gasteiger charge is 2.14. The van der Waals surface area contributed by atoms with Gasteiger partial charge in [0.1, 0.15) is 17.1 Å². The minimum Gasteiger partial charge on any atom is -0.508 e. The Morgan fingerprint density at radius 3 is 2.81 bits per heavy atom. The number of likely N-dealkylation sites (tertiary alicyclic amines) is 1. The van der Waals surface area contributed by atoms with Gasteiger partial charge >= 0.3 is 0 Å². The summed E-state index contributed by atoms with van der Waals surface area (Å²) < 4.78 is 5.71. The molecule has 1 saturated heterocycles. The average molecular weight is 217 g/mol. The molecule has 0 amide bonds. The smallest absolute Gasteiger partial charge is 0.138 e. The fourth-order valence-corrected chi connectivity index (χ4v) is 2.31. The third-order valence-corrected chi connectivity index (χ3v) is 3.13. The Hall–Kier alpha value is -1.48. The van der Waals surface area contributed by atoms with Crippen LogP contribution in [0, 0.1) is 0 Å². The fraction of sp³-hybridized carbons (Fsp3) is 0.385. The Bertz CT molecular complexity index is 498. The quantitative estimate of drug-likeness (QED) is 0.840. The van der Waals surface area contributed by atoms with E-state index in [1.54, 1.807) is 12.1 Å². The molecular weight excluding hydrogens is 202 g/mol. The maximum absolute atomic E-state index is 9.35. The maximum Gasteiger partial charge on any atom is 0.138 e. The standard InChI is InChI=1S/C13H15NO2/c15-11-4-3-10-7-12(16-13(10)8-11)9-14-5-1-2-6-14/h3-4,7-8,15H,1-2,5-6,9H2. The van der Waals surface area contributed by atoms with Crippen molar-refractivity contribution in [2.45, 2.75) is 19.4 Å². The van der Waals surface area contributed by atoms with Crippen molar-refractivity contribution in [3.63, 3.8) is 0 Å². The van der Waals surface area contributed by atoms with Gasteiger partial charge in [-0.3, -0.25) is 4.90 Å². The minimum absolute atomic E-state index is 0.259. The number of rotatable bonds is 2. The Balaban J connectivity index is 1.86. The molecule has 1 fully saturated rings. The SMILES string of the molecule is Oc1ccc2cc(CN3CCCC3)oc2c1. The van der Waals surface area contributed by atoms with Gasteiger partial charge in [0.2, 0.25) is 0 Å². The summed E-state index contributed by atoms with van der Waals surface area (Å²) in [7, 11) is 0. The van der Waals surface area contributed by atoms with Crippen LogP contribution in [0.2, 0.25) is 0 Å². The van der Waals surface area contributed by atoms with E-state index in [1.165, 1.54) is 25.9 Å². The lowest BCUT2D eigenvalue weighted by atomic mass is 10.2. The number of phenolic OH excluding ortho intramolecular Hbond substituents is 1. The molecule has 0 spiro atoms. The molecule has 3 heteroatoms. The lowest BCUT2D eigenvalue weighted by Crippen LogP contribution is -2.17. The third kappa shape index (κ3) is 1.78. The molecule has 3 nitrogen and oxygen atoms in total. The van der Waals surface area contributed by atoms with E-state index in [1.807, 2.05) is 6.07 Å².